The molecule has 168 valence electrons. The maximum atomic E-state index is 9.75. The van der Waals surface area contributed by atoms with E-state index in [-0.39, 0.29) is 16.5 Å². The summed E-state index contributed by atoms with van der Waals surface area (Å²) in [6.07, 6.45) is 2.83. The van der Waals surface area contributed by atoms with Gasteiger partial charge in [-0.05, 0) is 58.5 Å². The van der Waals surface area contributed by atoms with E-state index < -0.39 is 14.5 Å². The van der Waals surface area contributed by atoms with E-state index in [0.717, 1.165) is 58.5 Å². The average Bonchev–Trinajstić information content (AvgIpc) is 2.39. The molecule has 0 bridgehead atoms. The summed E-state index contributed by atoms with van der Waals surface area (Å²) in [5.41, 5.74) is 30.4. The van der Waals surface area contributed by atoms with Crippen LogP contribution in [0.25, 0.3) is 0 Å². The number of hydrogen-bond donors (Lipinski definition) is 6. The Hall–Kier alpha value is -0.177. The average molecular weight is 455 g/mol. The number of halogens is 8. The van der Waals surface area contributed by atoms with Crippen LogP contribution in [0.2, 0.25) is 0 Å². The van der Waals surface area contributed by atoms with Crippen molar-refractivity contribution in [3.05, 3.63) is 0 Å². The molecule has 12 N–H and O–H groups in total. The first-order valence-electron chi connectivity index (χ1n) is 7.20. The summed E-state index contributed by atoms with van der Waals surface area (Å²) in [4.78, 5) is 0. The van der Waals surface area contributed by atoms with Gasteiger partial charge in [-0.1, -0.05) is 0 Å². The Kier molecular flexibility index (Phi) is 50.6. The molecule has 0 aliphatic heterocycles. The largest absolute Gasteiger partial charge is 2.00 e. The van der Waals surface area contributed by atoms with Crippen LogP contribution in [0.15, 0.2) is 0 Å². The van der Waals surface area contributed by atoms with Crippen LogP contribution in [0, 0.1) is 0 Å². The second kappa shape index (κ2) is 32.5. The zero-order valence-corrected chi connectivity index (χ0v) is 15.3. The van der Waals surface area contributed by atoms with Gasteiger partial charge in [-0.3, -0.25) is 0 Å². The molecule has 0 heterocycles. The fourth-order valence-electron chi connectivity index (χ4n) is 0.354. The molecular weight excluding hydrogens is 424 g/mol. The van der Waals surface area contributed by atoms with Crippen molar-refractivity contribution in [1.82, 2.24) is 0 Å². The van der Waals surface area contributed by atoms with Crippen LogP contribution < -0.4 is 34.4 Å². The molecule has 26 heavy (non-hydrogen) atoms. The van der Waals surface area contributed by atoms with Crippen molar-refractivity contribution in [2.75, 3.05) is 39.3 Å². The zero-order valence-electron chi connectivity index (χ0n) is 14.3. The van der Waals surface area contributed by atoms with Gasteiger partial charge in [0.05, 0.1) is 0 Å². The monoisotopic (exact) mass is 454 g/mol. The number of hydrogen-bond acceptors (Lipinski definition) is 6. The Bertz CT molecular complexity index is 173. The van der Waals surface area contributed by atoms with Gasteiger partial charge in [-0.25, -0.2) is 0 Å². The summed E-state index contributed by atoms with van der Waals surface area (Å²) < 4.78 is 78.0. The van der Waals surface area contributed by atoms with Gasteiger partial charge in [-0.15, -0.1) is 0 Å². The Labute approximate surface area is 159 Å². The van der Waals surface area contributed by atoms with Crippen molar-refractivity contribution in [2.24, 2.45) is 34.4 Å². The smallest absolute Gasteiger partial charge is 0.418 e. The van der Waals surface area contributed by atoms with E-state index in [1.54, 1.807) is 0 Å². The van der Waals surface area contributed by atoms with Gasteiger partial charge in [0, 0.05) is 0 Å². The molecular formula is C9H30B2F8N6Ni. The molecule has 0 spiro atoms. The minimum Gasteiger partial charge on any atom is -0.418 e. The molecule has 0 unspecified atom stereocenters. The van der Waals surface area contributed by atoms with Crippen LogP contribution in [-0.4, -0.2) is 53.8 Å². The van der Waals surface area contributed by atoms with Gasteiger partial charge < -0.3 is 68.9 Å². The van der Waals surface area contributed by atoms with Crippen molar-refractivity contribution in [3.8, 4) is 0 Å². The normalized spacial score (nSPS) is 9.46. The Morgan fingerprint density at radius 3 is 0.462 bits per heavy atom. The first-order chi connectivity index (χ1) is 11.2. The molecule has 17 heteroatoms. The topological polar surface area (TPSA) is 156 Å². The first kappa shape index (κ1) is 40.5. The molecule has 0 aliphatic carbocycles. The van der Waals surface area contributed by atoms with E-state index in [9.17, 15) is 34.5 Å². The molecule has 6 nitrogen and oxygen atoms in total. The third kappa shape index (κ3) is 366. The Morgan fingerprint density at radius 2 is 0.462 bits per heavy atom. The van der Waals surface area contributed by atoms with Crippen molar-refractivity contribution < 1.29 is 51.0 Å². The van der Waals surface area contributed by atoms with Crippen LogP contribution in [0.3, 0.4) is 0 Å². The summed E-state index contributed by atoms with van der Waals surface area (Å²) in [7, 11) is -12.0. The predicted molar refractivity (Wildman–Crippen MR) is 88.5 cm³/mol. The molecule has 0 rings (SSSR count). The minimum absolute atomic E-state index is 0. The molecule has 0 fully saturated rings. The van der Waals surface area contributed by atoms with Gasteiger partial charge in [0.1, 0.15) is 0 Å². The third-order valence-electron chi connectivity index (χ3n) is 1.22. The standard InChI is InChI=1S/3C3H10N2.2BF4.Ni/c3*4-2-1-3-5;2*2-1(3,4)5;/h3*1-5H2;;;/q;;;2*-1;+2. The Morgan fingerprint density at radius 1 is 0.385 bits per heavy atom. The third-order valence-corrected chi connectivity index (χ3v) is 1.22. The first-order valence-corrected chi connectivity index (χ1v) is 7.20. The second-order valence-corrected chi connectivity index (χ2v) is 3.78. The van der Waals surface area contributed by atoms with E-state index in [1.165, 1.54) is 0 Å². The zero-order chi connectivity index (χ0) is 21.4. The molecule has 0 aliphatic rings. The van der Waals surface area contributed by atoms with Crippen molar-refractivity contribution >= 4 is 14.5 Å². The second-order valence-electron chi connectivity index (χ2n) is 3.78. The molecule has 0 saturated carbocycles. The van der Waals surface area contributed by atoms with Crippen LogP contribution in [0.1, 0.15) is 19.3 Å². The summed E-state index contributed by atoms with van der Waals surface area (Å²) >= 11 is 0. The molecule has 0 aromatic heterocycles. The van der Waals surface area contributed by atoms with E-state index in [0.29, 0.717) is 0 Å². The van der Waals surface area contributed by atoms with Gasteiger partial charge >= 0.3 is 31.0 Å². The summed E-state index contributed by atoms with van der Waals surface area (Å²) in [5, 5.41) is 0. The molecule has 0 aromatic rings. The van der Waals surface area contributed by atoms with E-state index >= 15 is 0 Å². The summed E-state index contributed by atoms with van der Waals surface area (Å²) in [6.45, 7) is 4.31. The van der Waals surface area contributed by atoms with Gasteiger partial charge in [0.2, 0.25) is 0 Å². The maximum absolute atomic E-state index is 9.75. The van der Waals surface area contributed by atoms with Crippen LogP contribution in [-0.2, 0) is 16.5 Å². The van der Waals surface area contributed by atoms with Crippen molar-refractivity contribution in [3.63, 3.8) is 0 Å². The van der Waals surface area contributed by atoms with Crippen LogP contribution >= 0.6 is 0 Å². The number of nitrogens with two attached hydrogens (primary N) is 6. The van der Waals surface area contributed by atoms with Crippen LogP contribution in [0.5, 0.6) is 0 Å². The van der Waals surface area contributed by atoms with Gasteiger partial charge in [0.25, 0.3) is 0 Å². The van der Waals surface area contributed by atoms with Crippen molar-refractivity contribution in [2.45, 2.75) is 19.3 Å². The van der Waals surface area contributed by atoms with E-state index in [4.69, 9.17) is 34.4 Å². The fourth-order valence-corrected chi connectivity index (χ4v) is 0.354. The fraction of sp³-hybridized carbons (Fsp3) is 1.00. The van der Waals surface area contributed by atoms with Gasteiger partial charge in [0.15, 0.2) is 0 Å². The predicted octanol–water partition coefficient (Wildman–Crippen LogP) is 0.479. The quantitative estimate of drug-likeness (QED) is 0.253. The van der Waals surface area contributed by atoms with Gasteiger partial charge in [-0.2, -0.15) is 0 Å². The molecule has 0 atom stereocenters. The molecule has 0 saturated heterocycles. The summed E-state index contributed by atoms with van der Waals surface area (Å²) in [6, 6.07) is 0. The number of rotatable bonds is 6. The Balaban J connectivity index is -0.0000000476. The van der Waals surface area contributed by atoms with E-state index in [2.05, 4.69) is 0 Å². The van der Waals surface area contributed by atoms with Crippen molar-refractivity contribution in [1.29, 1.82) is 0 Å². The maximum Gasteiger partial charge on any atom is 2.00 e. The van der Waals surface area contributed by atoms with E-state index in [1.807, 2.05) is 0 Å². The molecule has 0 radical (unpaired) electrons. The van der Waals surface area contributed by atoms with Crippen LogP contribution in [0.4, 0.5) is 34.5 Å². The minimum atomic E-state index is -6.00. The SMILES string of the molecule is F[B-](F)(F)F.F[B-](F)(F)F.NCCCN.NCCCN.NCCCN.[Ni+2]. The molecule has 0 amide bonds. The summed E-state index contributed by atoms with van der Waals surface area (Å²) in [5.74, 6) is 0. The molecule has 0 aromatic carbocycles.